The van der Waals surface area contributed by atoms with Gasteiger partial charge in [0.1, 0.15) is 5.65 Å². The number of fused-ring (bicyclic) bond motifs is 2. The van der Waals surface area contributed by atoms with E-state index in [0.29, 0.717) is 0 Å². The molecule has 106 valence electrons. The summed E-state index contributed by atoms with van der Waals surface area (Å²) in [7, 11) is 0. The number of hydrogen-bond donors (Lipinski definition) is 1. The first-order valence-electron chi connectivity index (χ1n) is 6.77. The number of rotatable bonds is 4. The summed E-state index contributed by atoms with van der Waals surface area (Å²) in [6.45, 7) is 2.88. The molecule has 0 bridgehead atoms. The lowest BCUT2D eigenvalue weighted by atomic mass is 10.3. The number of nitrogens with zero attached hydrogens (tertiary/aromatic N) is 5. The molecule has 4 heterocycles. The Labute approximate surface area is 125 Å². The van der Waals surface area contributed by atoms with Crippen LogP contribution in [0.2, 0.25) is 0 Å². The number of imidazole rings is 2. The third-order valence-corrected chi connectivity index (χ3v) is 4.25. The van der Waals surface area contributed by atoms with Gasteiger partial charge in [-0.1, -0.05) is 17.4 Å². The molecule has 7 heteroatoms. The fourth-order valence-electron chi connectivity index (χ4n) is 2.33. The predicted molar refractivity (Wildman–Crippen MR) is 83.0 cm³/mol. The smallest absolute Gasteiger partial charge is 0.213 e. The van der Waals surface area contributed by atoms with Crippen LogP contribution in [-0.2, 0) is 6.42 Å². The van der Waals surface area contributed by atoms with Crippen LogP contribution in [0.5, 0.6) is 0 Å². The predicted octanol–water partition coefficient (Wildman–Crippen LogP) is 2.40. The Balaban J connectivity index is 1.45. The minimum atomic E-state index is 0.805. The van der Waals surface area contributed by atoms with Gasteiger partial charge >= 0.3 is 0 Å². The maximum absolute atomic E-state index is 4.66. The molecule has 0 unspecified atom stereocenters. The Morgan fingerprint density at radius 1 is 1.33 bits per heavy atom. The van der Waals surface area contributed by atoms with Gasteiger partial charge in [0.15, 0.2) is 0 Å². The highest BCUT2D eigenvalue weighted by atomic mass is 32.1. The number of aromatic nitrogens is 5. The minimum absolute atomic E-state index is 0.805. The van der Waals surface area contributed by atoms with Crippen molar-refractivity contribution in [3.05, 3.63) is 48.2 Å². The van der Waals surface area contributed by atoms with E-state index in [1.807, 2.05) is 18.5 Å². The normalized spacial score (nSPS) is 11.5. The molecular weight excluding hydrogens is 284 g/mol. The number of hydrogen-bond acceptors (Lipinski definition) is 5. The maximum atomic E-state index is 4.66. The average Bonchev–Trinajstić information content (AvgIpc) is 3.12. The van der Waals surface area contributed by atoms with Gasteiger partial charge in [-0.3, -0.25) is 0 Å². The van der Waals surface area contributed by atoms with Crippen LogP contribution in [0.1, 0.15) is 11.3 Å². The molecular formula is C14H14N6S. The standard InChI is InChI=1S/C14H14N6S/c1-10-3-2-7-19-9-11(17-12(10)19)4-5-15-13-18-20-8-6-16-14(20)21-13/h2-3,6-9H,4-5H2,1H3,(H,15,18). The summed E-state index contributed by atoms with van der Waals surface area (Å²) in [4.78, 5) is 9.78. The molecule has 0 spiro atoms. The molecule has 1 N–H and O–H groups in total. The second-order valence-electron chi connectivity index (χ2n) is 4.89. The first-order chi connectivity index (χ1) is 10.3. The fourth-order valence-corrected chi connectivity index (χ4v) is 3.12. The van der Waals surface area contributed by atoms with Crippen LogP contribution in [0, 0.1) is 6.92 Å². The van der Waals surface area contributed by atoms with Crippen molar-refractivity contribution in [2.45, 2.75) is 13.3 Å². The quantitative estimate of drug-likeness (QED) is 0.628. The van der Waals surface area contributed by atoms with E-state index in [1.54, 1.807) is 22.0 Å². The molecule has 0 aliphatic rings. The molecule has 0 atom stereocenters. The van der Waals surface area contributed by atoms with Crippen molar-refractivity contribution >= 4 is 27.1 Å². The highest BCUT2D eigenvalue weighted by Crippen LogP contribution is 2.17. The van der Waals surface area contributed by atoms with Crippen molar-refractivity contribution in [1.29, 1.82) is 0 Å². The van der Waals surface area contributed by atoms with Gasteiger partial charge in [-0.15, -0.1) is 5.10 Å². The average molecular weight is 298 g/mol. The van der Waals surface area contributed by atoms with Crippen LogP contribution >= 0.6 is 11.3 Å². The third kappa shape index (κ3) is 2.25. The van der Waals surface area contributed by atoms with Gasteiger partial charge in [0.25, 0.3) is 0 Å². The van der Waals surface area contributed by atoms with E-state index < -0.39 is 0 Å². The molecule has 4 rings (SSSR count). The Hall–Kier alpha value is -2.41. The van der Waals surface area contributed by atoms with Gasteiger partial charge in [0.2, 0.25) is 10.1 Å². The summed E-state index contributed by atoms with van der Waals surface area (Å²) in [5.41, 5.74) is 3.30. The van der Waals surface area contributed by atoms with Crippen molar-refractivity contribution < 1.29 is 0 Å². The molecule has 4 aromatic rings. The lowest BCUT2D eigenvalue weighted by molar-refractivity contribution is 0.936. The van der Waals surface area contributed by atoms with Gasteiger partial charge < -0.3 is 9.72 Å². The summed E-state index contributed by atoms with van der Waals surface area (Å²) in [5.74, 6) is 0. The second-order valence-corrected chi connectivity index (χ2v) is 5.85. The van der Waals surface area contributed by atoms with E-state index in [2.05, 4.69) is 44.0 Å². The van der Waals surface area contributed by atoms with Gasteiger partial charge in [0.05, 0.1) is 11.9 Å². The number of anilines is 1. The van der Waals surface area contributed by atoms with Gasteiger partial charge in [0, 0.05) is 31.6 Å². The van der Waals surface area contributed by atoms with Crippen LogP contribution in [0.4, 0.5) is 5.13 Å². The van der Waals surface area contributed by atoms with E-state index in [0.717, 1.165) is 34.4 Å². The molecule has 21 heavy (non-hydrogen) atoms. The zero-order chi connectivity index (χ0) is 14.2. The molecule has 0 aromatic carbocycles. The largest absolute Gasteiger partial charge is 0.360 e. The number of aryl methyl sites for hydroxylation is 1. The SMILES string of the molecule is Cc1cccn2cc(CCNc3nn4ccnc4s3)nc12. The second kappa shape index (κ2) is 4.85. The molecule has 0 aliphatic carbocycles. The van der Waals surface area contributed by atoms with Crippen molar-refractivity contribution in [2.75, 3.05) is 11.9 Å². The Morgan fingerprint density at radius 2 is 2.29 bits per heavy atom. The molecule has 0 fully saturated rings. The highest BCUT2D eigenvalue weighted by Gasteiger charge is 2.06. The zero-order valence-corrected chi connectivity index (χ0v) is 12.3. The zero-order valence-electron chi connectivity index (χ0n) is 11.5. The van der Waals surface area contributed by atoms with Crippen molar-refractivity contribution in [3.63, 3.8) is 0 Å². The summed E-state index contributed by atoms with van der Waals surface area (Å²) in [6.07, 6.45) is 8.58. The van der Waals surface area contributed by atoms with Crippen molar-refractivity contribution in [2.24, 2.45) is 0 Å². The summed E-state index contributed by atoms with van der Waals surface area (Å²) in [5, 5.41) is 8.61. The first kappa shape index (κ1) is 12.3. The third-order valence-electron chi connectivity index (χ3n) is 3.36. The lowest BCUT2D eigenvalue weighted by Gasteiger charge is -1.98. The molecule has 0 aliphatic heterocycles. The molecule has 0 saturated heterocycles. The maximum Gasteiger partial charge on any atom is 0.213 e. The summed E-state index contributed by atoms with van der Waals surface area (Å²) in [6, 6.07) is 4.12. The van der Waals surface area contributed by atoms with Gasteiger partial charge in [-0.25, -0.2) is 14.5 Å². The van der Waals surface area contributed by atoms with Crippen LogP contribution in [0.15, 0.2) is 36.9 Å². The lowest BCUT2D eigenvalue weighted by Crippen LogP contribution is -2.05. The van der Waals surface area contributed by atoms with Gasteiger partial charge in [-0.2, -0.15) is 0 Å². The van der Waals surface area contributed by atoms with E-state index in [-0.39, 0.29) is 0 Å². The van der Waals surface area contributed by atoms with E-state index in [4.69, 9.17) is 0 Å². The molecule has 0 amide bonds. The monoisotopic (exact) mass is 298 g/mol. The minimum Gasteiger partial charge on any atom is -0.360 e. The fraction of sp³-hybridized carbons (Fsp3) is 0.214. The van der Waals surface area contributed by atoms with Gasteiger partial charge in [-0.05, 0) is 18.6 Å². The molecule has 6 nitrogen and oxygen atoms in total. The van der Waals surface area contributed by atoms with Crippen LogP contribution < -0.4 is 5.32 Å². The Kier molecular flexibility index (Phi) is 2.85. The number of nitrogens with one attached hydrogen (secondary N) is 1. The Bertz CT molecular complexity index is 874. The molecule has 0 radical (unpaired) electrons. The van der Waals surface area contributed by atoms with Crippen LogP contribution in [-0.4, -0.2) is 30.5 Å². The van der Waals surface area contributed by atoms with E-state index in [1.165, 1.54) is 5.56 Å². The van der Waals surface area contributed by atoms with Crippen molar-refractivity contribution in [1.82, 2.24) is 24.0 Å². The highest BCUT2D eigenvalue weighted by molar-refractivity contribution is 7.20. The van der Waals surface area contributed by atoms with E-state index >= 15 is 0 Å². The number of pyridine rings is 1. The Morgan fingerprint density at radius 3 is 3.14 bits per heavy atom. The first-order valence-corrected chi connectivity index (χ1v) is 7.58. The summed E-state index contributed by atoms with van der Waals surface area (Å²) < 4.78 is 3.85. The van der Waals surface area contributed by atoms with Crippen LogP contribution in [0.25, 0.3) is 10.6 Å². The topological polar surface area (TPSA) is 59.5 Å². The van der Waals surface area contributed by atoms with Crippen molar-refractivity contribution in [3.8, 4) is 0 Å². The van der Waals surface area contributed by atoms with E-state index in [9.17, 15) is 0 Å². The molecule has 4 aromatic heterocycles. The molecule has 0 saturated carbocycles. The summed E-state index contributed by atoms with van der Waals surface area (Å²) >= 11 is 1.55. The van der Waals surface area contributed by atoms with Crippen LogP contribution in [0.3, 0.4) is 0 Å².